The molecule has 0 aliphatic carbocycles. The van der Waals surface area contributed by atoms with Crippen molar-refractivity contribution in [1.82, 2.24) is 0 Å². The minimum atomic E-state index is -0.467. The predicted octanol–water partition coefficient (Wildman–Crippen LogP) is 1.77. The average Bonchev–Trinajstić information content (AvgIpc) is 2.30. The zero-order valence-electron chi connectivity index (χ0n) is 9.27. The highest BCUT2D eigenvalue weighted by Gasteiger charge is 2.15. The van der Waals surface area contributed by atoms with Crippen LogP contribution in [0.2, 0.25) is 0 Å². The zero-order valence-corrected chi connectivity index (χ0v) is 10.2. The fourth-order valence-corrected chi connectivity index (χ4v) is 1.70. The molecule has 0 aromatic heterocycles. The number of nitriles is 1. The smallest absolute Gasteiger partial charge is 0.310 e. The molecule has 1 aromatic rings. The predicted molar refractivity (Wildman–Crippen MR) is 64.1 cm³/mol. The number of rotatable bonds is 4. The van der Waals surface area contributed by atoms with Crippen molar-refractivity contribution in [3.63, 3.8) is 0 Å². The molecule has 0 aliphatic heterocycles. The average molecular weight is 249 g/mol. The Morgan fingerprint density at radius 1 is 1.59 bits per heavy atom. The number of hydrogen-bond acceptors (Lipinski definition) is 5. The summed E-state index contributed by atoms with van der Waals surface area (Å²) in [6.07, 6.45) is 0.497. The Bertz CT molecular complexity index is 491. The standard InChI is InChI=1S/C12H11NO3S/c1-2-16-12(15)5-9-8(6-13)3-4-11(17)10(9)7-14/h3-4,7,17H,2,5H2,1H3. The van der Waals surface area contributed by atoms with Crippen LogP contribution in [0, 0.1) is 11.3 Å². The fourth-order valence-electron chi connectivity index (χ4n) is 1.44. The summed E-state index contributed by atoms with van der Waals surface area (Å²) < 4.78 is 4.80. The summed E-state index contributed by atoms with van der Waals surface area (Å²) >= 11 is 4.12. The first-order chi connectivity index (χ1) is 8.13. The van der Waals surface area contributed by atoms with E-state index in [0.29, 0.717) is 16.7 Å². The summed E-state index contributed by atoms with van der Waals surface area (Å²) in [6, 6.07) is 5.03. The molecular formula is C12H11NO3S. The van der Waals surface area contributed by atoms with Gasteiger partial charge in [-0.15, -0.1) is 12.6 Å². The monoisotopic (exact) mass is 249 g/mol. The van der Waals surface area contributed by atoms with E-state index in [2.05, 4.69) is 12.6 Å². The van der Waals surface area contributed by atoms with Crippen molar-refractivity contribution in [3.8, 4) is 6.07 Å². The van der Waals surface area contributed by atoms with Gasteiger partial charge in [-0.05, 0) is 24.6 Å². The summed E-state index contributed by atoms with van der Waals surface area (Å²) in [5.74, 6) is -0.467. The van der Waals surface area contributed by atoms with Crippen molar-refractivity contribution in [1.29, 1.82) is 5.26 Å². The Labute approximate surface area is 105 Å². The summed E-state index contributed by atoms with van der Waals surface area (Å²) in [5, 5.41) is 8.93. The minimum absolute atomic E-state index is 0.0980. The van der Waals surface area contributed by atoms with Gasteiger partial charge < -0.3 is 4.74 Å². The third-order valence-corrected chi connectivity index (χ3v) is 2.59. The third kappa shape index (κ3) is 3.08. The number of nitrogens with zero attached hydrogens (tertiary/aromatic N) is 1. The molecule has 0 amide bonds. The van der Waals surface area contributed by atoms with Crippen LogP contribution in [0.3, 0.4) is 0 Å². The Kier molecular flexibility index (Phi) is 4.73. The van der Waals surface area contributed by atoms with E-state index in [1.54, 1.807) is 13.0 Å². The number of thiol groups is 1. The van der Waals surface area contributed by atoms with Crippen LogP contribution in [0.4, 0.5) is 0 Å². The highest BCUT2D eigenvalue weighted by molar-refractivity contribution is 7.80. The molecule has 0 saturated heterocycles. The second kappa shape index (κ2) is 6.06. The first-order valence-corrected chi connectivity index (χ1v) is 5.44. The van der Waals surface area contributed by atoms with Crippen LogP contribution in [0.5, 0.6) is 0 Å². The molecule has 0 heterocycles. The van der Waals surface area contributed by atoms with Crippen LogP contribution in [0.1, 0.15) is 28.4 Å². The van der Waals surface area contributed by atoms with Gasteiger partial charge in [-0.25, -0.2) is 0 Å². The first kappa shape index (κ1) is 13.3. The molecule has 0 bridgehead atoms. The molecule has 0 aliphatic rings. The van der Waals surface area contributed by atoms with Gasteiger partial charge in [0.05, 0.1) is 24.7 Å². The van der Waals surface area contributed by atoms with Gasteiger partial charge in [0, 0.05) is 10.5 Å². The van der Waals surface area contributed by atoms with Crippen molar-refractivity contribution in [2.75, 3.05) is 6.61 Å². The van der Waals surface area contributed by atoms with E-state index in [9.17, 15) is 9.59 Å². The largest absolute Gasteiger partial charge is 0.466 e. The lowest BCUT2D eigenvalue weighted by Gasteiger charge is -2.08. The first-order valence-electron chi connectivity index (χ1n) is 4.99. The molecule has 1 rings (SSSR count). The molecule has 0 fully saturated rings. The molecular weight excluding hydrogens is 238 g/mol. The van der Waals surface area contributed by atoms with Crippen LogP contribution in [0.15, 0.2) is 17.0 Å². The lowest BCUT2D eigenvalue weighted by Crippen LogP contribution is -2.11. The third-order valence-electron chi connectivity index (χ3n) is 2.20. The van der Waals surface area contributed by atoms with Gasteiger partial charge in [0.25, 0.3) is 0 Å². The second-order valence-corrected chi connectivity index (χ2v) is 3.72. The van der Waals surface area contributed by atoms with Gasteiger partial charge in [-0.2, -0.15) is 5.26 Å². The number of carbonyl (C=O) groups is 2. The lowest BCUT2D eigenvalue weighted by atomic mass is 9.99. The van der Waals surface area contributed by atoms with E-state index in [4.69, 9.17) is 10.00 Å². The fraction of sp³-hybridized carbons (Fsp3) is 0.250. The van der Waals surface area contributed by atoms with Gasteiger partial charge in [0.2, 0.25) is 0 Å². The number of aldehydes is 1. The maximum atomic E-state index is 11.4. The maximum absolute atomic E-state index is 11.4. The highest BCUT2D eigenvalue weighted by Crippen LogP contribution is 2.21. The molecule has 0 N–H and O–H groups in total. The Morgan fingerprint density at radius 2 is 2.29 bits per heavy atom. The van der Waals surface area contributed by atoms with E-state index in [1.807, 2.05) is 6.07 Å². The Morgan fingerprint density at radius 3 is 2.82 bits per heavy atom. The highest BCUT2D eigenvalue weighted by atomic mass is 32.1. The zero-order chi connectivity index (χ0) is 12.8. The van der Waals surface area contributed by atoms with E-state index in [0.717, 1.165) is 0 Å². The summed E-state index contributed by atoms with van der Waals surface area (Å²) in [4.78, 5) is 22.8. The van der Waals surface area contributed by atoms with Gasteiger partial charge in [-0.3, -0.25) is 9.59 Å². The summed E-state index contributed by atoms with van der Waals surface area (Å²) in [6.45, 7) is 1.95. The van der Waals surface area contributed by atoms with Crippen LogP contribution >= 0.6 is 12.6 Å². The van der Waals surface area contributed by atoms with Crippen molar-refractivity contribution in [2.24, 2.45) is 0 Å². The van der Waals surface area contributed by atoms with Crippen molar-refractivity contribution in [3.05, 3.63) is 28.8 Å². The molecule has 0 saturated carbocycles. The SMILES string of the molecule is CCOC(=O)Cc1c(C#N)ccc(S)c1C=O. The van der Waals surface area contributed by atoms with E-state index in [1.165, 1.54) is 6.07 Å². The van der Waals surface area contributed by atoms with Crippen molar-refractivity contribution < 1.29 is 14.3 Å². The number of esters is 1. The van der Waals surface area contributed by atoms with E-state index in [-0.39, 0.29) is 24.2 Å². The summed E-state index contributed by atoms with van der Waals surface area (Å²) in [5.41, 5.74) is 0.923. The lowest BCUT2D eigenvalue weighted by molar-refractivity contribution is -0.142. The molecule has 0 radical (unpaired) electrons. The number of ether oxygens (including phenoxy) is 1. The molecule has 5 heteroatoms. The molecule has 0 spiro atoms. The van der Waals surface area contributed by atoms with Gasteiger partial charge in [0.15, 0.2) is 6.29 Å². The van der Waals surface area contributed by atoms with Crippen LogP contribution in [0.25, 0.3) is 0 Å². The second-order valence-electron chi connectivity index (χ2n) is 3.24. The Balaban J connectivity index is 3.19. The van der Waals surface area contributed by atoms with Crippen LogP contribution < -0.4 is 0 Å². The van der Waals surface area contributed by atoms with Crippen LogP contribution in [-0.2, 0) is 16.0 Å². The quantitative estimate of drug-likeness (QED) is 0.501. The van der Waals surface area contributed by atoms with Gasteiger partial charge in [-0.1, -0.05) is 0 Å². The van der Waals surface area contributed by atoms with E-state index < -0.39 is 5.97 Å². The number of carbonyl (C=O) groups excluding carboxylic acids is 2. The van der Waals surface area contributed by atoms with E-state index >= 15 is 0 Å². The molecule has 88 valence electrons. The molecule has 1 aromatic carbocycles. The Hall–Kier alpha value is -1.80. The minimum Gasteiger partial charge on any atom is -0.466 e. The summed E-state index contributed by atoms with van der Waals surface area (Å²) in [7, 11) is 0. The topological polar surface area (TPSA) is 67.2 Å². The van der Waals surface area contributed by atoms with Gasteiger partial charge >= 0.3 is 5.97 Å². The van der Waals surface area contributed by atoms with Crippen LogP contribution in [-0.4, -0.2) is 18.9 Å². The maximum Gasteiger partial charge on any atom is 0.310 e. The molecule has 4 nitrogen and oxygen atoms in total. The van der Waals surface area contributed by atoms with Crippen molar-refractivity contribution >= 4 is 24.9 Å². The van der Waals surface area contributed by atoms with Gasteiger partial charge in [0.1, 0.15) is 0 Å². The number of benzene rings is 1. The number of hydrogen-bond donors (Lipinski definition) is 1. The molecule has 0 atom stereocenters. The normalized spacial score (nSPS) is 9.47. The molecule has 0 unspecified atom stereocenters. The van der Waals surface area contributed by atoms with Crippen molar-refractivity contribution in [2.45, 2.75) is 18.2 Å². The molecule has 17 heavy (non-hydrogen) atoms.